The highest BCUT2D eigenvalue weighted by molar-refractivity contribution is 7.92. The summed E-state index contributed by atoms with van der Waals surface area (Å²) in [5.41, 5.74) is 2.99. The summed E-state index contributed by atoms with van der Waals surface area (Å²) < 4.78 is 26.2. The average molecular weight is 375 g/mol. The van der Waals surface area contributed by atoms with Crippen molar-refractivity contribution in [1.29, 1.82) is 0 Å². The number of sulfonamides is 1. The smallest absolute Gasteiger partial charge is 0.244 e. The van der Waals surface area contributed by atoms with Gasteiger partial charge in [-0.25, -0.2) is 8.42 Å². The van der Waals surface area contributed by atoms with Gasteiger partial charge in [-0.1, -0.05) is 25.1 Å². The van der Waals surface area contributed by atoms with Crippen molar-refractivity contribution in [3.8, 4) is 0 Å². The lowest BCUT2D eigenvalue weighted by Crippen LogP contribution is -2.49. The first kappa shape index (κ1) is 19.9. The number of carbonyl (C=O) groups excluding carboxylic acids is 1. The highest BCUT2D eigenvalue weighted by Crippen LogP contribution is 2.27. The molecule has 0 saturated carbocycles. The standard InChI is InChI=1S/C19H25N3O3S/c1-5-17(19(23)21-13-16-8-6-7-11-20-16)22(26(4,24)25)18-12-14(2)9-10-15(18)3/h6-12,17H,5,13H2,1-4H3,(H,21,23)/t17-/m0/s1. The fourth-order valence-electron chi connectivity index (χ4n) is 2.79. The Kier molecular flexibility index (Phi) is 6.37. The number of aryl methyl sites for hydroxylation is 2. The summed E-state index contributed by atoms with van der Waals surface area (Å²) >= 11 is 0. The van der Waals surface area contributed by atoms with E-state index >= 15 is 0 Å². The Hall–Kier alpha value is -2.41. The number of hydrogen-bond acceptors (Lipinski definition) is 4. The first-order chi connectivity index (χ1) is 12.2. The lowest BCUT2D eigenvalue weighted by molar-refractivity contribution is -0.122. The second-order valence-electron chi connectivity index (χ2n) is 6.31. The molecule has 0 saturated heterocycles. The van der Waals surface area contributed by atoms with E-state index in [-0.39, 0.29) is 12.5 Å². The van der Waals surface area contributed by atoms with Crippen LogP contribution in [0.4, 0.5) is 5.69 Å². The molecular formula is C19H25N3O3S. The van der Waals surface area contributed by atoms with Crippen LogP contribution < -0.4 is 9.62 Å². The Bertz CT molecular complexity index is 867. The second kappa shape index (κ2) is 8.31. The van der Waals surface area contributed by atoms with E-state index in [9.17, 15) is 13.2 Å². The number of benzene rings is 1. The maximum absolute atomic E-state index is 12.8. The molecule has 1 heterocycles. The topological polar surface area (TPSA) is 79.4 Å². The summed E-state index contributed by atoms with van der Waals surface area (Å²) in [4.78, 5) is 16.9. The van der Waals surface area contributed by atoms with Crippen molar-refractivity contribution in [3.63, 3.8) is 0 Å². The first-order valence-corrected chi connectivity index (χ1v) is 10.3. The Labute approximate surface area is 155 Å². The van der Waals surface area contributed by atoms with E-state index in [1.165, 1.54) is 4.31 Å². The van der Waals surface area contributed by atoms with Crippen LogP contribution in [0.2, 0.25) is 0 Å². The molecule has 140 valence electrons. The van der Waals surface area contributed by atoms with Gasteiger partial charge in [0.05, 0.1) is 24.2 Å². The fourth-order valence-corrected chi connectivity index (χ4v) is 4.05. The fraction of sp³-hybridized carbons (Fsp3) is 0.368. The third-order valence-corrected chi connectivity index (χ3v) is 5.27. The minimum atomic E-state index is -3.64. The molecule has 7 heteroatoms. The highest BCUT2D eigenvalue weighted by Gasteiger charge is 2.32. The van der Waals surface area contributed by atoms with E-state index in [1.807, 2.05) is 32.0 Å². The van der Waals surface area contributed by atoms with Crippen molar-refractivity contribution >= 4 is 21.6 Å². The minimum absolute atomic E-state index is 0.251. The summed E-state index contributed by atoms with van der Waals surface area (Å²) in [6.07, 6.45) is 3.13. The lowest BCUT2D eigenvalue weighted by Gasteiger charge is -2.31. The molecule has 0 aliphatic heterocycles. The monoisotopic (exact) mass is 375 g/mol. The van der Waals surface area contributed by atoms with Gasteiger partial charge >= 0.3 is 0 Å². The number of aromatic nitrogens is 1. The van der Waals surface area contributed by atoms with Crippen molar-refractivity contribution in [1.82, 2.24) is 10.3 Å². The van der Waals surface area contributed by atoms with Gasteiger partial charge in [-0.15, -0.1) is 0 Å². The number of anilines is 1. The van der Waals surface area contributed by atoms with Crippen LogP contribution in [0.5, 0.6) is 0 Å². The second-order valence-corrected chi connectivity index (χ2v) is 8.17. The van der Waals surface area contributed by atoms with Gasteiger partial charge in [0.25, 0.3) is 0 Å². The molecular weight excluding hydrogens is 350 g/mol. The van der Waals surface area contributed by atoms with Crippen LogP contribution in [0.25, 0.3) is 0 Å². The van der Waals surface area contributed by atoms with Crippen LogP contribution in [0.3, 0.4) is 0 Å². The Morgan fingerprint density at radius 2 is 1.96 bits per heavy atom. The van der Waals surface area contributed by atoms with Gasteiger partial charge in [0, 0.05) is 6.20 Å². The van der Waals surface area contributed by atoms with Gasteiger partial charge in [0.1, 0.15) is 6.04 Å². The van der Waals surface area contributed by atoms with Gasteiger partial charge in [0.15, 0.2) is 0 Å². The van der Waals surface area contributed by atoms with Gasteiger partial charge in [-0.05, 0) is 49.6 Å². The van der Waals surface area contributed by atoms with Crippen molar-refractivity contribution in [3.05, 3.63) is 59.4 Å². The van der Waals surface area contributed by atoms with E-state index in [0.29, 0.717) is 17.8 Å². The molecule has 0 bridgehead atoms. The molecule has 1 aromatic carbocycles. The zero-order chi connectivity index (χ0) is 19.3. The summed E-state index contributed by atoms with van der Waals surface area (Å²) in [6.45, 7) is 5.78. The van der Waals surface area contributed by atoms with E-state index in [4.69, 9.17) is 0 Å². The molecule has 0 aliphatic carbocycles. The molecule has 1 N–H and O–H groups in total. The Balaban J connectivity index is 2.32. The summed E-state index contributed by atoms with van der Waals surface area (Å²) in [5.74, 6) is -0.343. The predicted molar refractivity (Wildman–Crippen MR) is 103 cm³/mol. The van der Waals surface area contributed by atoms with Crippen LogP contribution in [0.15, 0.2) is 42.6 Å². The Morgan fingerprint density at radius 1 is 1.23 bits per heavy atom. The van der Waals surface area contributed by atoms with Crippen molar-refractivity contribution in [2.45, 2.75) is 39.8 Å². The third-order valence-electron chi connectivity index (χ3n) is 4.10. The maximum Gasteiger partial charge on any atom is 0.244 e. The molecule has 0 unspecified atom stereocenters. The zero-order valence-corrected chi connectivity index (χ0v) is 16.4. The van der Waals surface area contributed by atoms with Crippen LogP contribution >= 0.6 is 0 Å². The number of pyridine rings is 1. The first-order valence-electron chi connectivity index (χ1n) is 8.48. The quantitative estimate of drug-likeness (QED) is 0.807. The van der Waals surface area contributed by atoms with Gasteiger partial charge < -0.3 is 5.32 Å². The molecule has 6 nitrogen and oxygen atoms in total. The minimum Gasteiger partial charge on any atom is -0.349 e. The SMILES string of the molecule is CC[C@@H](C(=O)NCc1ccccn1)N(c1cc(C)ccc1C)S(C)(=O)=O. The van der Waals surface area contributed by atoms with Crippen LogP contribution in [0, 0.1) is 13.8 Å². The molecule has 2 rings (SSSR count). The number of amides is 1. The molecule has 2 aromatic rings. The van der Waals surface area contributed by atoms with Gasteiger partial charge in [-0.3, -0.25) is 14.1 Å². The van der Waals surface area contributed by atoms with Crippen LogP contribution in [0.1, 0.15) is 30.2 Å². The number of rotatable bonds is 7. The largest absolute Gasteiger partial charge is 0.349 e. The normalized spacial score (nSPS) is 12.5. The highest BCUT2D eigenvalue weighted by atomic mass is 32.2. The number of hydrogen-bond donors (Lipinski definition) is 1. The van der Waals surface area contributed by atoms with Crippen LogP contribution in [-0.2, 0) is 21.4 Å². The molecule has 26 heavy (non-hydrogen) atoms. The van der Waals surface area contributed by atoms with E-state index < -0.39 is 16.1 Å². The van der Waals surface area contributed by atoms with E-state index in [2.05, 4.69) is 10.3 Å². The van der Waals surface area contributed by atoms with Gasteiger partial charge in [0.2, 0.25) is 15.9 Å². The van der Waals surface area contributed by atoms with Gasteiger partial charge in [-0.2, -0.15) is 0 Å². The maximum atomic E-state index is 12.8. The third kappa shape index (κ3) is 4.82. The summed E-state index contributed by atoms with van der Waals surface area (Å²) in [7, 11) is -3.64. The average Bonchev–Trinajstić information content (AvgIpc) is 2.59. The number of nitrogens with zero attached hydrogens (tertiary/aromatic N) is 2. The van der Waals surface area contributed by atoms with Crippen LogP contribution in [-0.4, -0.2) is 31.6 Å². The Morgan fingerprint density at radius 3 is 2.54 bits per heavy atom. The molecule has 0 spiro atoms. The van der Waals surface area contributed by atoms with Crippen molar-refractivity contribution in [2.24, 2.45) is 0 Å². The predicted octanol–water partition coefficient (Wildman–Crippen LogP) is 2.56. The molecule has 0 fully saturated rings. The van der Waals surface area contributed by atoms with E-state index in [1.54, 1.807) is 31.3 Å². The molecule has 1 amide bonds. The summed E-state index contributed by atoms with van der Waals surface area (Å²) in [6, 6.07) is 10.2. The zero-order valence-electron chi connectivity index (χ0n) is 15.6. The molecule has 1 aromatic heterocycles. The number of carbonyl (C=O) groups is 1. The summed E-state index contributed by atoms with van der Waals surface area (Å²) in [5, 5.41) is 2.80. The van der Waals surface area contributed by atoms with Crippen molar-refractivity contribution in [2.75, 3.05) is 10.6 Å². The molecule has 1 atom stereocenters. The lowest BCUT2D eigenvalue weighted by atomic mass is 10.1. The van der Waals surface area contributed by atoms with E-state index in [0.717, 1.165) is 17.4 Å². The van der Waals surface area contributed by atoms with Crippen molar-refractivity contribution < 1.29 is 13.2 Å². The number of nitrogens with one attached hydrogen (secondary N) is 1. The molecule has 0 aliphatic rings. The molecule has 0 radical (unpaired) electrons.